The summed E-state index contributed by atoms with van der Waals surface area (Å²) >= 11 is 5.91. The highest BCUT2D eigenvalue weighted by Gasteiger charge is 2.33. The lowest BCUT2D eigenvalue weighted by molar-refractivity contribution is -0.126. The minimum atomic E-state index is -3.84. The summed E-state index contributed by atoms with van der Waals surface area (Å²) in [6.07, 6.45) is 2.35. The second kappa shape index (κ2) is 8.13. The van der Waals surface area contributed by atoms with Gasteiger partial charge in [-0.2, -0.15) is 9.57 Å². The zero-order valence-electron chi connectivity index (χ0n) is 14.4. The Hall–Kier alpha value is -2.34. The molecule has 1 aromatic carbocycles. The van der Waals surface area contributed by atoms with Crippen molar-refractivity contribution in [1.29, 1.82) is 5.26 Å². The number of rotatable bonds is 5. The fourth-order valence-corrected chi connectivity index (χ4v) is 4.91. The number of hydrogen-bond acceptors (Lipinski definition) is 5. The van der Waals surface area contributed by atoms with Crippen molar-refractivity contribution < 1.29 is 17.6 Å². The van der Waals surface area contributed by atoms with E-state index in [-0.39, 0.29) is 40.4 Å². The molecule has 0 unspecified atom stereocenters. The Labute approximate surface area is 162 Å². The fourth-order valence-electron chi connectivity index (χ4n) is 3.03. The van der Waals surface area contributed by atoms with E-state index >= 15 is 0 Å². The summed E-state index contributed by atoms with van der Waals surface area (Å²) in [6, 6.07) is 9.57. The third-order valence-electron chi connectivity index (χ3n) is 4.52. The molecular formula is C18H18ClN3O4S. The van der Waals surface area contributed by atoms with Crippen LogP contribution in [0.4, 0.5) is 0 Å². The number of piperidine rings is 1. The van der Waals surface area contributed by atoms with Crippen LogP contribution < -0.4 is 5.32 Å². The highest BCUT2D eigenvalue weighted by Crippen LogP contribution is 2.27. The minimum absolute atomic E-state index is 0.0534. The number of nitrogens with one attached hydrogen (secondary N) is 1. The zero-order valence-corrected chi connectivity index (χ0v) is 16.0. The largest absolute Gasteiger partial charge is 0.467 e. The molecule has 1 aliphatic heterocycles. The lowest BCUT2D eigenvalue weighted by Crippen LogP contribution is -2.43. The zero-order chi connectivity index (χ0) is 19.4. The van der Waals surface area contributed by atoms with Crippen LogP contribution in [0.15, 0.2) is 45.9 Å². The van der Waals surface area contributed by atoms with E-state index in [0.717, 1.165) is 0 Å². The molecule has 27 heavy (non-hydrogen) atoms. The third-order valence-corrected chi connectivity index (χ3v) is 6.70. The number of amides is 1. The number of sulfonamides is 1. The van der Waals surface area contributed by atoms with Gasteiger partial charge in [0.15, 0.2) is 0 Å². The van der Waals surface area contributed by atoms with Gasteiger partial charge in [-0.1, -0.05) is 11.6 Å². The molecule has 1 fully saturated rings. The highest BCUT2D eigenvalue weighted by atomic mass is 35.5. The summed E-state index contributed by atoms with van der Waals surface area (Å²) in [4.78, 5) is 12.2. The molecule has 1 aliphatic rings. The summed E-state index contributed by atoms with van der Waals surface area (Å²) in [6.45, 7) is 0.718. The van der Waals surface area contributed by atoms with Crippen molar-refractivity contribution in [3.05, 3.63) is 52.9 Å². The van der Waals surface area contributed by atoms with Gasteiger partial charge in [-0.3, -0.25) is 4.79 Å². The first-order valence-electron chi connectivity index (χ1n) is 8.41. The Balaban J connectivity index is 1.64. The molecule has 0 spiro atoms. The summed E-state index contributed by atoms with van der Waals surface area (Å²) in [7, 11) is -3.84. The Morgan fingerprint density at radius 2 is 2.07 bits per heavy atom. The number of benzene rings is 1. The van der Waals surface area contributed by atoms with Crippen LogP contribution in [0.5, 0.6) is 0 Å². The number of nitrogens with zero attached hydrogens (tertiary/aromatic N) is 2. The van der Waals surface area contributed by atoms with Gasteiger partial charge in [0.25, 0.3) is 0 Å². The standard InChI is InChI=1S/C18H18ClN3O4S/c19-15-4-3-14(11-20)17(10-15)27(24,25)22-7-5-13(6-8-22)18(23)21-12-16-2-1-9-26-16/h1-4,9-10,13H,5-8,12H2,(H,21,23). The van der Waals surface area contributed by atoms with Crippen molar-refractivity contribution in [1.82, 2.24) is 9.62 Å². The average Bonchev–Trinajstić information content (AvgIpc) is 3.20. The average molecular weight is 408 g/mol. The van der Waals surface area contributed by atoms with E-state index in [1.165, 1.54) is 28.8 Å². The van der Waals surface area contributed by atoms with Crippen molar-refractivity contribution in [3.63, 3.8) is 0 Å². The maximum Gasteiger partial charge on any atom is 0.244 e. The van der Waals surface area contributed by atoms with Gasteiger partial charge in [-0.25, -0.2) is 8.42 Å². The number of nitriles is 1. The van der Waals surface area contributed by atoms with Crippen LogP contribution in [0.1, 0.15) is 24.2 Å². The van der Waals surface area contributed by atoms with Gasteiger partial charge < -0.3 is 9.73 Å². The van der Waals surface area contributed by atoms with Gasteiger partial charge in [0.1, 0.15) is 16.7 Å². The van der Waals surface area contributed by atoms with E-state index in [2.05, 4.69) is 5.32 Å². The van der Waals surface area contributed by atoms with Crippen LogP contribution >= 0.6 is 11.6 Å². The van der Waals surface area contributed by atoms with E-state index in [9.17, 15) is 18.5 Å². The minimum Gasteiger partial charge on any atom is -0.467 e. The lowest BCUT2D eigenvalue weighted by Gasteiger charge is -2.30. The van der Waals surface area contributed by atoms with Crippen LogP contribution in [0.3, 0.4) is 0 Å². The van der Waals surface area contributed by atoms with E-state index in [1.54, 1.807) is 12.1 Å². The normalized spacial score (nSPS) is 16.0. The van der Waals surface area contributed by atoms with E-state index in [4.69, 9.17) is 16.0 Å². The Morgan fingerprint density at radius 1 is 1.33 bits per heavy atom. The molecule has 3 rings (SSSR count). The van der Waals surface area contributed by atoms with Crippen LogP contribution in [0.25, 0.3) is 0 Å². The van der Waals surface area contributed by atoms with Crippen LogP contribution in [-0.2, 0) is 21.4 Å². The smallest absolute Gasteiger partial charge is 0.244 e. The van der Waals surface area contributed by atoms with E-state index < -0.39 is 10.0 Å². The lowest BCUT2D eigenvalue weighted by atomic mass is 9.97. The van der Waals surface area contributed by atoms with Gasteiger partial charge in [-0.05, 0) is 43.2 Å². The molecule has 7 nitrogen and oxygen atoms in total. The molecule has 1 aromatic heterocycles. The molecule has 1 N–H and O–H groups in total. The quantitative estimate of drug-likeness (QED) is 0.820. The summed E-state index contributed by atoms with van der Waals surface area (Å²) < 4.78 is 32.2. The molecule has 142 valence electrons. The molecule has 0 radical (unpaired) electrons. The van der Waals surface area contributed by atoms with Gasteiger partial charge in [-0.15, -0.1) is 0 Å². The second-order valence-corrected chi connectivity index (χ2v) is 8.57. The predicted molar refractivity (Wildman–Crippen MR) is 98.2 cm³/mol. The molecule has 0 atom stereocenters. The van der Waals surface area contributed by atoms with Crippen LogP contribution in [0, 0.1) is 17.2 Å². The van der Waals surface area contributed by atoms with Crippen molar-refractivity contribution in [2.24, 2.45) is 5.92 Å². The monoisotopic (exact) mass is 407 g/mol. The number of carbonyl (C=O) groups excluding carboxylic acids is 1. The Bertz CT molecular complexity index is 959. The molecule has 9 heteroatoms. The van der Waals surface area contributed by atoms with Gasteiger partial charge in [0.2, 0.25) is 15.9 Å². The van der Waals surface area contributed by atoms with E-state index in [0.29, 0.717) is 25.1 Å². The van der Waals surface area contributed by atoms with E-state index in [1.807, 2.05) is 6.07 Å². The summed E-state index contributed by atoms with van der Waals surface area (Å²) in [5.41, 5.74) is 0.0534. The summed E-state index contributed by atoms with van der Waals surface area (Å²) in [5, 5.41) is 12.2. The van der Waals surface area contributed by atoms with Crippen LogP contribution in [0.2, 0.25) is 5.02 Å². The van der Waals surface area contributed by atoms with Crippen molar-refractivity contribution >= 4 is 27.5 Å². The summed E-state index contributed by atoms with van der Waals surface area (Å²) in [5.74, 6) is 0.276. The van der Waals surface area contributed by atoms with Crippen molar-refractivity contribution in [2.75, 3.05) is 13.1 Å². The first-order chi connectivity index (χ1) is 12.9. The van der Waals surface area contributed by atoms with Crippen molar-refractivity contribution in [3.8, 4) is 6.07 Å². The molecular weight excluding hydrogens is 390 g/mol. The molecule has 0 saturated carbocycles. The van der Waals surface area contributed by atoms with Gasteiger partial charge >= 0.3 is 0 Å². The third kappa shape index (κ3) is 4.33. The predicted octanol–water partition coefficient (Wildman–Crippen LogP) is 2.52. The molecule has 1 saturated heterocycles. The first kappa shape index (κ1) is 19.4. The second-order valence-electron chi connectivity index (χ2n) is 6.23. The highest BCUT2D eigenvalue weighted by molar-refractivity contribution is 7.89. The number of halogens is 1. The Kier molecular flexibility index (Phi) is 5.85. The van der Waals surface area contributed by atoms with Crippen molar-refractivity contribution in [2.45, 2.75) is 24.3 Å². The molecule has 0 bridgehead atoms. The first-order valence-corrected chi connectivity index (χ1v) is 10.2. The number of carbonyl (C=O) groups is 1. The Morgan fingerprint density at radius 3 is 2.70 bits per heavy atom. The topological polar surface area (TPSA) is 103 Å². The SMILES string of the molecule is N#Cc1ccc(Cl)cc1S(=O)(=O)N1CCC(C(=O)NCc2ccco2)CC1. The fraction of sp³-hybridized carbons (Fsp3) is 0.333. The molecule has 2 aromatic rings. The van der Waals surface area contributed by atoms with Crippen LogP contribution in [-0.4, -0.2) is 31.7 Å². The number of furan rings is 1. The molecule has 0 aliphatic carbocycles. The molecule has 1 amide bonds. The molecule has 2 heterocycles. The maximum absolute atomic E-state index is 12.9. The number of hydrogen-bond donors (Lipinski definition) is 1. The van der Waals surface area contributed by atoms with Gasteiger partial charge in [0.05, 0.1) is 18.4 Å². The maximum atomic E-state index is 12.9. The van der Waals surface area contributed by atoms with Gasteiger partial charge in [0, 0.05) is 24.0 Å².